The third-order valence-electron chi connectivity index (χ3n) is 4.45. The Hall–Kier alpha value is -1.91. The Kier molecular flexibility index (Phi) is 13.1. The second-order valence-corrected chi connectivity index (χ2v) is 6.93. The Morgan fingerprint density at radius 2 is 1.19 bits per heavy atom. The van der Waals surface area contributed by atoms with Gasteiger partial charge in [0.2, 0.25) is 12.5 Å². The fraction of sp³-hybridized carbons (Fsp3) is 0.667. The molecule has 0 aliphatic carbocycles. The summed E-state index contributed by atoms with van der Waals surface area (Å²) in [6.07, 6.45) is 18.0. The highest BCUT2D eigenvalue weighted by atomic mass is 16.2. The maximum absolute atomic E-state index is 11.7. The molecule has 0 aliphatic heterocycles. The Balaban J connectivity index is 1.90. The molecular weight excluding hydrogens is 326 g/mol. The molecule has 146 valence electrons. The summed E-state index contributed by atoms with van der Waals surface area (Å²) in [4.78, 5) is 23.5. The number of unbranched alkanes of at least 4 members (excludes halogenated alkanes) is 10. The number of carbonyl (C=O) groups excluding carboxylic acids is 2. The second-order valence-electron chi connectivity index (χ2n) is 6.93. The van der Waals surface area contributed by atoms with Crippen LogP contribution in [0.2, 0.25) is 0 Å². The van der Waals surface area contributed by atoms with E-state index in [4.69, 9.17) is 0 Å². The van der Waals surface area contributed by atoms with Crippen molar-refractivity contribution in [2.45, 2.75) is 90.5 Å². The molecule has 0 radical (unpaired) electrons. The third-order valence-corrected chi connectivity index (χ3v) is 4.45. The number of hydrogen-bond acceptors (Lipinski definition) is 2. The van der Waals surface area contributed by atoms with Crippen molar-refractivity contribution in [3.8, 4) is 0 Å². The van der Waals surface area contributed by atoms with E-state index in [1.54, 1.807) is 4.57 Å². The van der Waals surface area contributed by atoms with Crippen LogP contribution in [-0.4, -0.2) is 11.8 Å². The summed E-state index contributed by atoms with van der Waals surface area (Å²) in [5, 5.41) is 0. The third kappa shape index (κ3) is 12.5. The molecule has 0 aromatic carbocycles. The number of aromatic nitrogens is 1. The van der Waals surface area contributed by atoms with Crippen molar-refractivity contribution >= 4 is 11.8 Å². The topological polar surface area (TPSA) is 62.1 Å². The summed E-state index contributed by atoms with van der Waals surface area (Å²) in [5.74, 6) is -0.346. The van der Waals surface area contributed by atoms with E-state index in [2.05, 4.69) is 17.8 Å². The lowest BCUT2D eigenvalue weighted by Crippen LogP contribution is -2.48. The van der Waals surface area contributed by atoms with Crippen LogP contribution in [0.3, 0.4) is 0 Å². The molecule has 1 aromatic heterocycles. The van der Waals surface area contributed by atoms with Crippen molar-refractivity contribution in [2.24, 2.45) is 0 Å². The van der Waals surface area contributed by atoms with Crippen LogP contribution in [0.25, 0.3) is 0 Å². The van der Waals surface area contributed by atoms with Crippen LogP contribution in [0.1, 0.15) is 84.0 Å². The molecule has 0 atom stereocenters. The largest absolute Gasteiger partial charge is 0.304 e. The fourth-order valence-electron chi connectivity index (χ4n) is 2.90. The number of nitrogens with one attached hydrogen (secondary N) is 2. The molecule has 0 unspecified atom stereocenters. The molecule has 0 fully saturated rings. The molecule has 1 heterocycles. The molecule has 1 aromatic rings. The molecule has 5 heteroatoms. The van der Waals surface area contributed by atoms with Gasteiger partial charge in [0.15, 0.2) is 12.4 Å². The summed E-state index contributed by atoms with van der Waals surface area (Å²) in [7, 11) is 0. The van der Waals surface area contributed by atoms with Gasteiger partial charge in [-0.3, -0.25) is 20.4 Å². The van der Waals surface area contributed by atoms with Crippen LogP contribution in [0.4, 0.5) is 0 Å². The Labute approximate surface area is 158 Å². The summed E-state index contributed by atoms with van der Waals surface area (Å²) in [5.41, 5.74) is 4.95. The van der Waals surface area contributed by atoms with Crippen molar-refractivity contribution in [1.29, 1.82) is 0 Å². The number of carbonyl (C=O) groups is 2. The van der Waals surface area contributed by atoms with E-state index >= 15 is 0 Å². The van der Waals surface area contributed by atoms with Crippen LogP contribution in [0.15, 0.2) is 30.6 Å². The molecule has 5 nitrogen and oxygen atoms in total. The van der Waals surface area contributed by atoms with Gasteiger partial charge in [-0.25, -0.2) is 0 Å². The lowest BCUT2D eigenvalue weighted by Gasteiger charge is -2.06. The molecule has 26 heavy (non-hydrogen) atoms. The first-order valence-electron chi connectivity index (χ1n) is 10.2. The number of amides is 2. The molecule has 0 aliphatic rings. The zero-order chi connectivity index (χ0) is 18.9. The van der Waals surface area contributed by atoms with Gasteiger partial charge < -0.3 is 0 Å². The van der Waals surface area contributed by atoms with Gasteiger partial charge in [-0.2, -0.15) is 4.57 Å². The van der Waals surface area contributed by atoms with E-state index in [-0.39, 0.29) is 18.4 Å². The van der Waals surface area contributed by atoms with Gasteiger partial charge in [0.1, 0.15) is 0 Å². The molecule has 2 N–H and O–H groups in total. The predicted octanol–water partition coefficient (Wildman–Crippen LogP) is 3.82. The highest BCUT2D eigenvalue weighted by Crippen LogP contribution is 2.11. The number of pyridine rings is 1. The van der Waals surface area contributed by atoms with Crippen LogP contribution in [0.5, 0.6) is 0 Å². The van der Waals surface area contributed by atoms with Crippen LogP contribution in [0, 0.1) is 0 Å². The summed E-state index contributed by atoms with van der Waals surface area (Å²) < 4.78 is 1.76. The number of nitrogens with zero attached hydrogens (tertiary/aromatic N) is 1. The summed E-state index contributed by atoms with van der Waals surface area (Å²) in [6.45, 7) is 2.44. The highest BCUT2D eigenvalue weighted by Gasteiger charge is 2.09. The van der Waals surface area contributed by atoms with Crippen molar-refractivity contribution in [2.75, 3.05) is 0 Å². The van der Waals surface area contributed by atoms with Crippen molar-refractivity contribution in [3.63, 3.8) is 0 Å². The molecule has 0 saturated heterocycles. The minimum Gasteiger partial charge on any atom is -0.273 e. The van der Waals surface area contributed by atoms with Crippen molar-refractivity contribution in [3.05, 3.63) is 30.6 Å². The number of hydrazine groups is 1. The van der Waals surface area contributed by atoms with Gasteiger partial charge in [-0.1, -0.05) is 77.2 Å². The second kappa shape index (κ2) is 15.4. The monoisotopic (exact) mass is 362 g/mol. The van der Waals surface area contributed by atoms with Crippen LogP contribution >= 0.6 is 0 Å². The molecular formula is C21H36N3O2+. The van der Waals surface area contributed by atoms with E-state index in [0.717, 1.165) is 12.8 Å². The van der Waals surface area contributed by atoms with Gasteiger partial charge in [0.25, 0.3) is 0 Å². The van der Waals surface area contributed by atoms with E-state index in [9.17, 15) is 9.59 Å². The highest BCUT2D eigenvalue weighted by molar-refractivity contribution is 5.81. The minimum absolute atomic E-state index is 0.118. The predicted molar refractivity (Wildman–Crippen MR) is 104 cm³/mol. The first-order valence-corrected chi connectivity index (χ1v) is 10.2. The molecule has 0 spiro atoms. The Morgan fingerprint density at radius 1 is 0.692 bits per heavy atom. The Bertz CT molecular complexity index is 491. The van der Waals surface area contributed by atoms with Gasteiger partial charge >= 0.3 is 5.91 Å². The fourth-order valence-corrected chi connectivity index (χ4v) is 2.90. The molecule has 1 rings (SSSR count). The molecule has 2 amide bonds. The van der Waals surface area contributed by atoms with Gasteiger partial charge in [-0.15, -0.1) is 0 Å². The van der Waals surface area contributed by atoms with Crippen LogP contribution in [-0.2, 0) is 16.1 Å². The van der Waals surface area contributed by atoms with Gasteiger partial charge in [0, 0.05) is 18.6 Å². The lowest BCUT2D eigenvalue weighted by atomic mass is 10.1. The van der Waals surface area contributed by atoms with E-state index in [0.29, 0.717) is 6.42 Å². The van der Waals surface area contributed by atoms with E-state index in [1.807, 2.05) is 30.6 Å². The van der Waals surface area contributed by atoms with Gasteiger partial charge in [0.05, 0.1) is 0 Å². The number of rotatable bonds is 14. The molecule has 0 bridgehead atoms. The Morgan fingerprint density at radius 3 is 1.77 bits per heavy atom. The first-order chi connectivity index (χ1) is 12.7. The smallest absolute Gasteiger partial charge is 0.273 e. The number of hydrogen-bond donors (Lipinski definition) is 2. The zero-order valence-electron chi connectivity index (χ0n) is 16.3. The van der Waals surface area contributed by atoms with Crippen molar-refractivity contribution < 1.29 is 14.2 Å². The summed E-state index contributed by atoms with van der Waals surface area (Å²) >= 11 is 0. The quantitative estimate of drug-likeness (QED) is 0.300. The first kappa shape index (κ1) is 22.1. The average Bonchev–Trinajstić information content (AvgIpc) is 2.65. The standard InChI is InChI=1S/C21H35N3O2/c1-2-3-4-5-6-7-8-9-10-11-13-16-20(25)22-23-21(26)19-24-17-14-12-15-18-24/h12,14-15,17-18H,2-11,13,16,19H2,1H3,(H-,22,23,25,26)/p+1. The van der Waals surface area contributed by atoms with E-state index < -0.39 is 0 Å². The maximum Gasteiger partial charge on any atom is 0.304 e. The normalized spacial score (nSPS) is 10.5. The maximum atomic E-state index is 11.7. The van der Waals surface area contributed by atoms with E-state index in [1.165, 1.54) is 57.8 Å². The lowest BCUT2D eigenvalue weighted by molar-refractivity contribution is -0.684. The minimum atomic E-state index is -0.228. The zero-order valence-corrected chi connectivity index (χ0v) is 16.3. The van der Waals surface area contributed by atoms with Crippen LogP contribution < -0.4 is 15.4 Å². The summed E-state index contributed by atoms with van der Waals surface area (Å²) in [6, 6.07) is 5.61. The van der Waals surface area contributed by atoms with Crippen molar-refractivity contribution in [1.82, 2.24) is 10.9 Å². The SMILES string of the molecule is CCCCCCCCCCCCCC(=O)NNC(=O)C[n+]1ccccc1. The van der Waals surface area contributed by atoms with Gasteiger partial charge in [-0.05, 0) is 6.42 Å². The average molecular weight is 363 g/mol. The molecule has 0 saturated carbocycles.